The zero-order valence-corrected chi connectivity index (χ0v) is 12.0. The van der Waals surface area contributed by atoms with Gasteiger partial charge in [-0.05, 0) is 24.3 Å². The summed E-state index contributed by atoms with van der Waals surface area (Å²) in [7, 11) is 0. The molecular formula is C15H9N3O3S. The maximum Gasteiger partial charge on any atom is 0.281 e. The molecule has 0 radical (unpaired) electrons. The molecule has 0 saturated carbocycles. The highest BCUT2D eigenvalue weighted by Gasteiger charge is 2.12. The fraction of sp³-hybridized carbons (Fsp3) is 0. The van der Waals surface area contributed by atoms with Crippen molar-refractivity contribution in [1.29, 1.82) is 0 Å². The van der Waals surface area contributed by atoms with Gasteiger partial charge in [-0.3, -0.25) is 4.79 Å². The van der Waals surface area contributed by atoms with Gasteiger partial charge in [0, 0.05) is 17.6 Å². The molecule has 0 aliphatic heterocycles. The number of thiazole rings is 1. The standard InChI is InChI=1S/C15H9N3O3S/c16-13(19)10-7-20-11-6-8(3-4-9(10)11)21-15-18-14-12(22-15)2-1-5-17-14/h1-7H,(H2,16,19). The number of hydrogen-bond donors (Lipinski definition) is 1. The smallest absolute Gasteiger partial charge is 0.281 e. The molecule has 3 heterocycles. The SMILES string of the molecule is NC(=O)c1coc2cc(Oc3nc4ncccc4s3)ccc12. The van der Waals surface area contributed by atoms with Crippen molar-refractivity contribution in [1.82, 2.24) is 9.97 Å². The molecule has 0 atom stereocenters. The Morgan fingerprint density at radius 2 is 2.23 bits per heavy atom. The summed E-state index contributed by atoms with van der Waals surface area (Å²) in [5.74, 6) is 0.0431. The van der Waals surface area contributed by atoms with E-state index in [1.165, 1.54) is 17.6 Å². The second-order valence-corrected chi connectivity index (χ2v) is 5.57. The summed E-state index contributed by atoms with van der Waals surface area (Å²) in [6.45, 7) is 0. The molecule has 22 heavy (non-hydrogen) atoms. The number of furan rings is 1. The summed E-state index contributed by atoms with van der Waals surface area (Å²) in [5.41, 5.74) is 6.82. The number of carbonyl (C=O) groups excluding carboxylic acids is 1. The molecular weight excluding hydrogens is 302 g/mol. The van der Waals surface area contributed by atoms with Crippen LogP contribution in [0.4, 0.5) is 0 Å². The van der Waals surface area contributed by atoms with Crippen LogP contribution in [0.2, 0.25) is 0 Å². The molecule has 7 heteroatoms. The minimum absolute atomic E-state index is 0.353. The van der Waals surface area contributed by atoms with E-state index in [9.17, 15) is 4.79 Å². The molecule has 2 N–H and O–H groups in total. The van der Waals surface area contributed by atoms with E-state index in [-0.39, 0.29) is 0 Å². The molecule has 4 rings (SSSR count). The van der Waals surface area contributed by atoms with E-state index in [0.717, 1.165) is 4.70 Å². The third kappa shape index (κ3) is 2.08. The summed E-state index contributed by atoms with van der Waals surface area (Å²) in [5, 5.41) is 1.15. The van der Waals surface area contributed by atoms with Gasteiger partial charge in [-0.25, -0.2) is 4.98 Å². The molecule has 0 fully saturated rings. The van der Waals surface area contributed by atoms with Crippen molar-refractivity contribution >= 4 is 38.6 Å². The van der Waals surface area contributed by atoms with Gasteiger partial charge in [0.1, 0.15) is 17.6 Å². The molecule has 0 bridgehead atoms. The summed E-state index contributed by atoms with van der Waals surface area (Å²) in [6.07, 6.45) is 3.03. The van der Waals surface area contributed by atoms with E-state index in [4.69, 9.17) is 14.9 Å². The number of amides is 1. The predicted octanol–water partition coefficient (Wildman–Crippen LogP) is 3.33. The van der Waals surface area contributed by atoms with Gasteiger partial charge in [-0.1, -0.05) is 11.3 Å². The number of aromatic nitrogens is 2. The first-order chi connectivity index (χ1) is 10.7. The number of nitrogens with two attached hydrogens (primary N) is 1. The van der Waals surface area contributed by atoms with Gasteiger partial charge >= 0.3 is 0 Å². The highest BCUT2D eigenvalue weighted by atomic mass is 32.1. The van der Waals surface area contributed by atoms with Gasteiger partial charge in [-0.15, -0.1) is 0 Å². The van der Waals surface area contributed by atoms with Crippen molar-refractivity contribution < 1.29 is 13.9 Å². The lowest BCUT2D eigenvalue weighted by molar-refractivity contribution is 0.100. The summed E-state index contributed by atoms with van der Waals surface area (Å²) in [4.78, 5) is 19.7. The van der Waals surface area contributed by atoms with E-state index >= 15 is 0 Å². The molecule has 108 valence electrons. The van der Waals surface area contributed by atoms with Crippen LogP contribution in [0.25, 0.3) is 21.3 Å². The van der Waals surface area contributed by atoms with Crippen LogP contribution in [0.3, 0.4) is 0 Å². The van der Waals surface area contributed by atoms with Crippen LogP contribution in [0.15, 0.2) is 47.2 Å². The molecule has 1 aromatic carbocycles. The van der Waals surface area contributed by atoms with Crippen molar-refractivity contribution in [3.63, 3.8) is 0 Å². The average Bonchev–Trinajstić information content (AvgIpc) is 3.09. The Kier molecular flexibility index (Phi) is 2.80. The van der Waals surface area contributed by atoms with Gasteiger partial charge in [0.15, 0.2) is 5.65 Å². The minimum Gasteiger partial charge on any atom is -0.463 e. The van der Waals surface area contributed by atoms with Crippen LogP contribution in [0.1, 0.15) is 10.4 Å². The number of rotatable bonds is 3. The van der Waals surface area contributed by atoms with Gasteiger partial charge in [0.25, 0.3) is 11.1 Å². The van der Waals surface area contributed by atoms with E-state index in [0.29, 0.717) is 33.1 Å². The predicted molar refractivity (Wildman–Crippen MR) is 82.2 cm³/mol. The molecule has 0 aliphatic carbocycles. The topological polar surface area (TPSA) is 91.2 Å². The first-order valence-electron chi connectivity index (χ1n) is 6.41. The van der Waals surface area contributed by atoms with E-state index < -0.39 is 5.91 Å². The van der Waals surface area contributed by atoms with Crippen LogP contribution in [-0.4, -0.2) is 15.9 Å². The van der Waals surface area contributed by atoms with Crippen molar-refractivity contribution in [3.8, 4) is 10.9 Å². The van der Waals surface area contributed by atoms with Gasteiger partial charge in [0.2, 0.25) is 0 Å². The Labute approximate surface area is 128 Å². The van der Waals surface area contributed by atoms with Crippen molar-refractivity contribution in [3.05, 3.63) is 48.4 Å². The van der Waals surface area contributed by atoms with E-state index in [2.05, 4.69) is 9.97 Å². The molecule has 3 aromatic heterocycles. The lowest BCUT2D eigenvalue weighted by atomic mass is 10.1. The average molecular weight is 311 g/mol. The van der Waals surface area contributed by atoms with Crippen LogP contribution in [0.5, 0.6) is 10.9 Å². The Balaban J connectivity index is 1.70. The molecule has 6 nitrogen and oxygen atoms in total. The Hall–Kier alpha value is -2.93. The quantitative estimate of drug-likeness (QED) is 0.626. The van der Waals surface area contributed by atoms with Crippen LogP contribution >= 0.6 is 11.3 Å². The molecule has 0 saturated heterocycles. The third-order valence-corrected chi connectivity index (χ3v) is 4.05. The molecule has 0 spiro atoms. The largest absolute Gasteiger partial charge is 0.463 e. The number of carbonyl (C=O) groups is 1. The van der Waals surface area contributed by atoms with E-state index in [1.807, 2.05) is 12.1 Å². The second-order valence-electron chi connectivity index (χ2n) is 4.58. The Bertz CT molecular complexity index is 973. The fourth-order valence-corrected chi connectivity index (χ4v) is 2.95. The minimum atomic E-state index is -0.523. The normalized spacial score (nSPS) is 11.1. The molecule has 4 aromatic rings. The molecule has 0 unspecified atom stereocenters. The first-order valence-corrected chi connectivity index (χ1v) is 7.23. The zero-order valence-electron chi connectivity index (χ0n) is 11.1. The van der Waals surface area contributed by atoms with Crippen molar-refractivity contribution in [2.75, 3.05) is 0 Å². The highest BCUT2D eigenvalue weighted by Crippen LogP contribution is 2.32. The first kappa shape index (κ1) is 12.8. The number of ether oxygens (including phenoxy) is 1. The lowest BCUT2D eigenvalue weighted by Gasteiger charge is -2.00. The number of fused-ring (bicyclic) bond motifs is 2. The maximum absolute atomic E-state index is 11.3. The number of primary amides is 1. The van der Waals surface area contributed by atoms with Crippen molar-refractivity contribution in [2.45, 2.75) is 0 Å². The van der Waals surface area contributed by atoms with Gasteiger partial charge < -0.3 is 14.9 Å². The monoisotopic (exact) mass is 311 g/mol. The van der Waals surface area contributed by atoms with Crippen molar-refractivity contribution in [2.24, 2.45) is 5.73 Å². The molecule has 1 amide bonds. The highest BCUT2D eigenvalue weighted by molar-refractivity contribution is 7.20. The van der Waals surface area contributed by atoms with Crippen LogP contribution < -0.4 is 10.5 Å². The number of benzene rings is 1. The summed E-state index contributed by atoms with van der Waals surface area (Å²) < 4.78 is 12.0. The summed E-state index contributed by atoms with van der Waals surface area (Å²) in [6, 6.07) is 8.96. The van der Waals surface area contributed by atoms with E-state index in [1.54, 1.807) is 24.4 Å². The lowest BCUT2D eigenvalue weighted by Crippen LogP contribution is -2.09. The number of pyridine rings is 1. The fourth-order valence-electron chi connectivity index (χ4n) is 2.16. The van der Waals surface area contributed by atoms with Crippen LogP contribution in [0, 0.1) is 0 Å². The van der Waals surface area contributed by atoms with Gasteiger partial charge in [-0.2, -0.15) is 4.98 Å². The van der Waals surface area contributed by atoms with Crippen LogP contribution in [-0.2, 0) is 0 Å². The number of hydrogen-bond acceptors (Lipinski definition) is 6. The third-order valence-electron chi connectivity index (χ3n) is 3.16. The van der Waals surface area contributed by atoms with Gasteiger partial charge in [0.05, 0.1) is 10.3 Å². The Morgan fingerprint density at radius 3 is 3.05 bits per heavy atom. The number of nitrogens with zero attached hydrogens (tertiary/aromatic N) is 2. The molecule has 0 aliphatic rings. The zero-order chi connectivity index (χ0) is 15.1. The maximum atomic E-state index is 11.3. The second kappa shape index (κ2) is 4.81. The summed E-state index contributed by atoms with van der Waals surface area (Å²) >= 11 is 1.41. The Morgan fingerprint density at radius 1 is 1.32 bits per heavy atom.